The van der Waals surface area contributed by atoms with Crippen LogP contribution in [0, 0.1) is 0 Å². The Morgan fingerprint density at radius 1 is 0.952 bits per heavy atom. The van der Waals surface area contributed by atoms with Gasteiger partial charge in [0.05, 0.1) is 5.41 Å². The highest BCUT2D eigenvalue weighted by Gasteiger charge is 2.41. The van der Waals surface area contributed by atoms with Crippen LogP contribution in [-0.2, 0) is 10.2 Å². The molecule has 2 aromatic carbocycles. The van der Waals surface area contributed by atoms with Gasteiger partial charge in [0.25, 0.3) is 0 Å². The van der Waals surface area contributed by atoms with Gasteiger partial charge in [-0.15, -0.1) is 9.24 Å². The Morgan fingerprint density at radius 2 is 1.57 bits per heavy atom. The summed E-state index contributed by atoms with van der Waals surface area (Å²) in [5, 5.41) is 1.12. The molecule has 1 aliphatic carbocycles. The van der Waals surface area contributed by atoms with Crippen molar-refractivity contribution in [1.29, 1.82) is 0 Å². The molecule has 21 heavy (non-hydrogen) atoms. The van der Waals surface area contributed by atoms with E-state index in [4.69, 9.17) is 0 Å². The fraction of sp³-hybridized carbons (Fsp3) is 0.105. The number of hydrogen-bond donors (Lipinski definition) is 0. The fourth-order valence-corrected chi connectivity index (χ4v) is 3.64. The molecule has 0 bridgehead atoms. The summed E-state index contributed by atoms with van der Waals surface area (Å²) in [6.07, 6.45) is 7.13. The molecule has 0 amide bonds. The Hall–Kier alpha value is -1.98. The van der Waals surface area contributed by atoms with Crippen molar-refractivity contribution in [3.05, 3.63) is 95.3 Å². The number of hydrogen-bond acceptors (Lipinski definition) is 1. The van der Waals surface area contributed by atoms with Crippen LogP contribution in [0.1, 0.15) is 17.0 Å². The summed E-state index contributed by atoms with van der Waals surface area (Å²) >= 11 is 0. The average molecular weight is 292 g/mol. The average Bonchev–Trinajstić information content (AvgIpc) is 2.56. The Kier molecular flexibility index (Phi) is 3.86. The van der Waals surface area contributed by atoms with Gasteiger partial charge in [0.15, 0.2) is 0 Å². The lowest BCUT2D eigenvalue weighted by molar-refractivity contribution is -0.111. The van der Waals surface area contributed by atoms with Crippen LogP contribution in [0.15, 0.2) is 84.2 Å². The normalized spacial score (nSPS) is 24.4. The van der Waals surface area contributed by atoms with Crippen LogP contribution in [0.2, 0.25) is 0 Å². The third-order valence-corrected chi connectivity index (χ3v) is 4.60. The van der Waals surface area contributed by atoms with Crippen LogP contribution in [0.5, 0.6) is 0 Å². The predicted molar refractivity (Wildman–Crippen MR) is 90.3 cm³/mol. The van der Waals surface area contributed by atoms with E-state index in [0.29, 0.717) is 0 Å². The minimum Gasteiger partial charge on any atom is -0.302 e. The maximum Gasteiger partial charge on any atom is 0.135 e. The minimum atomic E-state index is -0.644. The Morgan fingerprint density at radius 3 is 2.19 bits per heavy atom. The second-order valence-electron chi connectivity index (χ2n) is 5.29. The Balaban J connectivity index is 2.20. The van der Waals surface area contributed by atoms with Crippen LogP contribution < -0.4 is 0 Å². The van der Waals surface area contributed by atoms with Crippen molar-refractivity contribution in [2.24, 2.45) is 0 Å². The lowest BCUT2D eigenvalue weighted by Crippen LogP contribution is -2.35. The zero-order valence-corrected chi connectivity index (χ0v) is 12.8. The maximum absolute atomic E-state index is 12.1. The van der Waals surface area contributed by atoms with Gasteiger partial charge in [-0.2, -0.15) is 0 Å². The molecule has 104 valence electrons. The highest BCUT2D eigenvalue weighted by molar-refractivity contribution is 7.22. The van der Waals surface area contributed by atoms with Gasteiger partial charge in [-0.1, -0.05) is 78.9 Å². The smallest absolute Gasteiger partial charge is 0.135 e. The minimum absolute atomic E-state index is 0.00796. The molecule has 0 N–H and O–H groups in total. The van der Waals surface area contributed by atoms with Gasteiger partial charge in [0, 0.05) is 5.92 Å². The predicted octanol–water partition coefficient (Wildman–Crippen LogP) is 4.24. The summed E-state index contributed by atoms with van der Waals surface area (Å²) in [7, 11) is 2.79. The molecule has 2 heteroatoms. The zero-order valence-electron chi connectivity index (χ0n) is 11.6. The maximum atomic E-state index is 12.1. The Bertz CT molecular complexity index is 688. The summed E-state index contributed by atoms with van der Waals surface area (Å²) < 4.78 is 0. The second kappa shape index (κ2) is 5.79. The van der Waals surface area contributed by atoms with Gasteiger partial charge >= 0.3 is 0 Å². The number of rotatable bonds is 3. The number of benzene rings is 2. The molecule has 0 saturated carbocycles. The lowest BCUT2D eigenvalue weighted by Gasteiger charge is -2.37. The molecule has 0 aromatic heterocycles. The highest BCUT2D eigenvalue weighted by atomic mass is 31.0. The van der Waals surface area contributed by atoms with Crippen molar-refractivity contribution in [1.82, 2.24) is 0 Å². The van der Waals surface area contributed by atoms with Crippen LogP contribution in [-0.4, -0.2) is 6.29 Å². The third-order valence-electron chi connectivity index (χ3n) is 4.07. The van der Waals surface area contributed by atoms with E-state index in [1.807, 2.05) is 60.7 Å². The lowest BCUT2D eigenvalue weighted by atomic mass is 9.66. The van der Waals surface area contributed by atoms with Crippen molar-refractivity contribution in [2.75, 3.05) is 0 Å². The quantitative estimate of drug-likeness (QED) is 0.611. The molecule has 3 rings (SSSR count). The molecule has 0 radical (unpaired) electrons. The van der Waals surface area contributed by atoms with Crippen molar-refractivity contribution in [3.8, 4) is 0 Å². The largest absolute Gasteiger partial charge is 0.302 e. The van der Waals surface area contributed by atoms with Gasteiger partial charge < -0.3 is 4.79 Å². The van der Waals surface area contributed by atoms with E-state index in [-0.39, 0.29) is 5.92 Å². The molecule has 1 nitrogen and oxygen atoms in total. The fourth-order valence-electron chi connectivity index (χ4n) is 3.07. The molecule has 0 spiro atoms. The second-order valence-corrected chi connectivity index (χ2v) is 5.95. The van der Waals surface area contributed by atoms with E-state index in [2.05, 4.69) is 27.4 Å². The van der Waals surface area contributed by atoms with E-state index < -0.39 is 5.41 Å². The first-order valence-corrected chi connectivity index (χ1v) is 7.57. The molecule has 0 fully saturated rings. The first-order valence-electron chi connectivity index (χ1n) is 6.99. The monoisotopic (exact) mass is 292 g/mol. The number of carbonyl (C=O) groups is 1. The summed E-state index contributed by atoms with van der Waals surface area (Å²) in [4.78, 5) is 12.1. The summed E-state index contributed by atoms with van der Waals surface area (Å²) in [5.74, 6) is 0.00796. The van der Waals surface area contributed by atoms with Crippen molar-refractivity contribution in [2.45, 2.75) is 11.3 Å². The highest BCUT2D eigenvalue weighted by Crippen LogP contribution is 2.47. The Labute approximate surface area is 127 Å². The zero-order chi connectivity index (χ0) is 14.7. The number of aldehydes is 1. The molecule has 2 aromatic rings. The standard InChI is InChI=1S/C19H17OP/c20-14-19(16-10-5-2-6-11-16)13-7-12-17(21)18(19)15-8-3-1-4-9-15/h1-14,18H,21H2. The molecule has 0 saturated heterocycles. The molecule has 0 aliphatic heterocycles. The van der Waals surface area contributed by atoms with Gasteiger partial charge in [0.1, 0.15) is 6.29 Å². The molecule has 3 unspecified atom stereocenters. The van der Waals surface area contributed by atoms with Gasteiger partial charge in [-0.05, 0) is 16.4 Å². The van der Waals surface area contributed by atoms with Crippen molar-refractivity contribution in [3.63, 3.8) is 0 Å². The van der Waals surface area contributed by atoms with Crippen LogP contribution in [0.25, 0.3) is 0 Å². The van der Waals surface area contributed by atoms with E-state index in [9.17, 15) is 4.79 Å². The summed E-state index contributed by atoms with van der Waals surface area (Å²) in [6.45, 7) is 0. The summed E-state index contributed by atoms with van der Waals surface area (Å²) in [6, 6.07) is 20.2. The van der Waals surface area contributed by atoms with E-state index in [0.717, 1.165) is 22.7 Å². The van der Waals surface area contributed by atoms with Crippen LogP contribution in [0.4, 0.5) is 0 Å². The molecule has 1 aliphatic rings. The van der Waals surface area contributed by atoms with E-state index in [1.54, 1.807) is 0 Å². The van der Waals surface area contributed by atoms with Gasteiger partial charge in [-0.3, -0.25) is 0 Å². The molecular formula is C19H17OP. The third kappa shape index (κ3) is 2.39. The van der Waals surface area contributed by atoms with Crippen LogP contribution in [0.3, 0.4) is 0 Å². The number of carbonyl (C=O) groups excluding carboxylic acids is 1. The van der Waals surface area contributed by atoms with Crippen molar-refractivity contribution >= 4 is 15.5 Å². The van der Waals surface area contributed by atoms with E-state index in [1.165, 1.54) is 0 Å². The van der Waals surface area contributed by atoms with Gasteiger partial charge in [0.2, 0.25) is 0 Å². The molecule has 0 heterocycles. The van der Waals surface area contributed by atoms with Crippen LogP contribution >= 0.6 is 9.24 Å². The number of allylic oxidation sites excluding steroid dienone is 4. The summed E-state index contributed by atoms with van der Waals surface area (Å²) in [5.41, 5.74) is 1.53. The first kappa shape index (κ1) is 14.0. The van der Waals surface area contributed by atoms with Crippen molar-refractivity contribution < 1.29 is 4.79 Å². The molecule has 3 atom stereocenters. The van der Waals surface area contributed by atoms with Gasteiger partial charge in [-0.25, -0.2) is 0 Å². The topological polar surface area (TPSA) is 17.1 Å². The SMILES string of the molecule is O=CC1(c2ccccc2)C=CC=C(P)C1c1ccccc1. The molecular weight excluding hydrogens is 275 g/mol. The first-order chi connectivity index (χ1) is 10.3. The van der Waals surface area contributed by atoms with E-state index >= 15 is 0 Å².